The molecule has 1 amide bonds. The summed E-state index contributed by atoms with van der Waals surface area (Å²) in [6.07, 6.45) is 5.29. The molecule has 1 aromatic carbocycles. The fourth-order valence-corrected chi connectivity index (χ4v) is 1.94. The topological polar surface area (TPSA) is 72.9 Å². The minimum absolute atomic E-state index is 0.0238. The van der Waals surface area contributed by atoms with Crippen LogP contribution in [0.5, 0.6) is 0 Å². The second-order valence-electron chi connectivity index (χ2n) is 4.82. The van der Waals surface area contributed by atoms with Gasteiger partial charge in [0.2, 0.25) is 5.91 Å². The molecule has 0 aliphatic heterocycles. The number of nitrogens with zero attached hydrogens (tertiary/aromatic N) is 2. The van der Waals surface area contributed by atoms with Gasteiger partial charge in [-0.15, -0.1) is 0 Å². The molecule has 1 unspecified atom stereocenters. The van der Waals surface area contributed by atoms with Crippen molar-refractivity contribution in [1.82, 2.24) is 9.78 Å². The summed E-state index contributed by atoms with van der Waals surface area (Å²) in [6, 6.07) is 9.48. The molecule has 0 fully saturated rings. The maximum atomic E-state index is 12.0. The molecule has 20 heavy (non-hydrogen) atoms. The van der Waals surface area contributed by atoms with Gasteiger partial charge in [0, 0.05) is 24.0 Å². The highest BCUT2D eigenvalue weighted by Gasteiger charge is 2.12. The first kappa shape index (κ1) is 14.3. The van der Waals surface area contributed by atoms with Crippen molar-refractivity contribution in [3.8, 4) is 5.69 Å². The Morgan fingerprint density at radius 2 is 2.15 bits per heavy atom. The zero-order valence-electron chi connectivity index (χ0n) is 11.6. The molecule has 0 aliphatic rings. The van der Waals surface area contributed by atoms with Gasteiger partial charge in [-0.25, -0.2) is 4.68 Å². The molecule has 1 aromatic heterocycles. The van der Waals surface area contributed by atoms with Crippen LogP contribution in [0.2, 0.25) is 0 Å². The van der Waals surface area contributed by atoms with Crippen molar-refractivity contribution in [3.05, 3.63) is 42.7 Å². The highest BCUT2D eigenvalue weighted by atomic mass is 16.1. The first-order valence-electron chi connectivity index (χ1n) is 6.81. The molecule has 0 radical (unpaired) electrons. The number of carbonyl (C=O) groups is 1. The second-order valence-corrected chi connectivity index (χ2v) is 4.82. The fourth-order valence-electron chi connectivity index (χ4n) is 1.94. The molecule has 5 heteroatoms. The van der Waals surface area contributed by atoms with Crippen LogP contribution < -0.4 is 11.1 Å². The molecule has 0 aliphatic carbocycles. The molecular weight excluding hydrogens is 252 g/mol. The van der Waals surface area contributed by atoms with Gasteiger partial charge in [0.25, 0.3) is 0 Å². The van der Waals surface area contributed by atoms with Gasteiger partial charge in [-0.1, -0.05) is 6.92 Å². The molecule has 1 atom stereocenters. The van der Waals surface area contributed by atoms with Gasteiger partial charge < -0.3 is 11.1 Å². The predicted molar refractivity (Wildman–Crippen MR) is 79.6 cm³/mol. The molecular formula is C15H20N4O. The Labute approximate surface area is 118 Å². The average molecular weight is 272 g/mol. The lowest BCUT2D eigenvalue weighted by molar-refractivity contribution is -0.119. The van der Waals surface area contributed by atoms with Crippen molar-refractivity contribution in [1.29, 1.82) is 0 Å². The van der Waals surface area contributed by atoms with Crippen LogP contribution in [0, 0.1) is 5.92 Å². The van der Waals surface area contributed by atoms with E-state index in [9.17, 15) is 4.79 Å². The van der Waals surface area contributed by atoms with E-state index in [1.165, 1.54) is 0 Å². The summed E-state index contributed by atoms with van der Waals surface area (Å²) in [7, 11) is 0. The summed E-state index contributed by atoms with van der Waals surface area (Å²) in [5.41, 5.74) is 7.21. The second kappa shape index (κ2) is 6.86. The van der Waals surface area contributed by atoms with E-state index in [-0.39, 0.29) is 11.8 Å². The van der Waals surface area contributed by atoms with E-state index in [2.05, 4.69) is 10.4 Å². The zero-order chi connectivity index (χ0) is 14.4. The van der Waals surface area contributed by atoms with Crippen molar-refractivity contribution < 1.29 is 4.79 Å². The van der Waals surface area contributed by atoms with Crippen LogP contribution in [-0.4, -0.2) is 22.2 Å². The Morgan fingerprint density at radius 3 is 2.75 bits per heavy atom. The molecule has 0 saturated heterocycles. The number of amides is 1. The summed E-state index contributed by atoms with van der Waals surface area (Å²) in [4.78, 5) is 12.0. The van der Waals surface area contributed by atoms with Crippen LogP contribution >= 0.6 is 0 Å². The quantitative estimate of drug-likeness (QED) is 0.846. The summed E-state index contributed by atoms with van der Waals surface area (Å²) in [6.45, 7) is 2.54. The highest BCUT2D eigenvalue weighted by Crippen LogP contribution is 2.14. The Hall–Kier alpha value is -2.14. The lowest BCUT2D eigenvalue weighted by Gasteiger charge is -2.12. The highest BCUT2D eigenvalue weighted by molar-refractivity contribution is 5.92. The van der Waals surface area contributed by atoms with Gasteiger partial charge in [0.05, 0.1) is 5.69 Å². The Kier molecular flexibility index (Phi) is 4.90. The maximum Gasteiger partial charge on any atom is 0.227 e. The Morgan fingerprint density at radius 1 is 1.40 bits per heavy atom. The zero-order valence-corrected chi connectivity index (χ0v) is 11.6. The van der Waals surface area contributed by atoms with Crippen LogP contribution in [0.15, 0.2) is 42.7 Å². The third kappa shape index (κ3) is 3.68. The van der Waals surface area contributed by atoms with E-state index in [0.29, 0.717) is 6.54 Å². The fraction of sp³-hybridized carbons (Fsp3) is 0.333. The summed E-state index contributed by atoms with van der Waals surface area (Å²) in [5.74, 6) is 0.00892. The Bertz CT molecular complexity index is 534. The number of hydrogen-bond donors (Lipinski definition) is 2. The summed E-state index contributed by atoms with van der Waals surface area (Å²) < 4.78 is 1.77. The van der Waals surface area contributed by atoms with Crippen molar-refractivity contribution in [2.24, 2.45) is 11.7 Å². The average Bonchev–Trinajstić information content (AvgIpc) is 2.99. The third-order valence-corrected chi connectivity index (χ3v) is 3.19. The van der Waals surface area contributed by atoms with Crippen LogP contribution in [0.1, 0.15) is 19.8 Å². The predicted octanol–water partition coefficient (Wildman–Crippen LogP) is 2.19. The van der Waals surface area contributed by atoms with E-state index >= 15 is 0 Å². The van der Waals surface area contributed by atoms with Crippen LogP contribution in [-0.2, 0) is 4.79 Å². The summed E-state index contributed by atoms with van der Waals surface area (Å²) >= 11 is 0. The monoisotopic (exact) mass is 272 g/mol. The SMILES string of the molecule is CC(CCCN)C(=O)Nc1ccc(-n2cccn2)cc1. The van der Waals surface area contributed by atoms with Gasteiger partial charge >= 0.3 is 0 Å². The summed E-state index contributed by atoms with van der Waals surface area (Å²) in [5, 5.41) is 7.07. The molecule has 3 N–H and O–H groups in total. The minimum atomic E-state index is -0.0238. The number of rotatable bonds is 6. The first-order valence-corrected chi connectivity index (χ1v) is 6.81. The number of nitrogens with one attached hydrogen (secondary N) is 1. The minimum Gasteiger partial charge on any atom is -0.330 e. The van der Waals surface area contributed by atoms with E-state index in [1.54, 1.807) is 10.9 Å². The van der Waals surface area contributed by atoms with Crippen molar-refractivity contribution in [3.63, 3.8) is 0 Å². The van der Waals surface area contributed by atoms with Crippen molar-refractivity contribution >= 4 is 11.6 Å². The molecule has 1 heterocycles. The maximum absolute atomic E-state index is 12.0. The standard InChI is InChI=1S/C15H20N4O/c1-12(4-2-9-16)15(20)18-13-5-7-14(8-6-13)19-11-3-10-17-19/h3,5-8,10-12H,2,4,9,16H2,1H3,(H,18,20). The van der Waals surface area contributed by atoms with Gasteiger partial charge in [0.15, 0.2) is 0 Å². The lowest BCUT2D eigenvalue weighted by atomic mass is 10.0. The van der Waals surface area contributed by atoms with E-state index in [1.807, 2.05) is 43.5 Å². The lowest BCUT2D eigenvalue weighted by Crippen LogP contribution is -2.21. The molecule has 0 bridgehead atoms. The normalized spacial score (nSPS) is 12.1. The number of aromatic nitrogens is 2. The number of carbonyl (C=O) groups excluding carboxylic acids is 1. The molecule has 2 rings (SSSR count). The van der Waals surface area contributed by atoms with Crippen molar-refractivity contribution in [2.75, 3.05) is 11.9 Å². The van der Waals surface area contributed by atoms with Crippen LogP contribution in [0.4, 0.5) is 5.69 Å². The van der Waals surface area contributed by atoms with E-state index in [0.717, 1.165) is 24.2 Å². The van der Waals surface area contributed by atoms with Crippen LogP contribution in [0.25, 0.3) is 5.69 Å². The van der Waals surface area contributed by atoms with E-state index in [4.69, 9.17) is 5.73 Å². The van der Waals surface area contributed by atoms with Gasteiger partial charge in [-0.05, 0) is 49.7 Å². The van der Waals surface area contributed by atoms with Gasteiger partial charge in [-0.2, -0.15) is 5.10 Å². The van der Waals surface area contributed by atoms with Crippen molar-refractivity contribution in [2.45, 2.75) is 19.8 Å². The number of nitrogens with two attached hydrogens (primary N) is 1. The Balaban J connectivity index is 1.95. The first-order chi connectivity index (χ1) is 9.70. The number of anilines is 1. The number of benzene rings is 1. The van der Waals surface area contributed by atoms with Gasteiger partial charge in [-0.3, -0.25) is 4.79 Å². The molecule has 0 saturated carbocycles. The van der Waals surface area contributed by atoms with Crippen LogP contribution in [0.3, 0.4) is 0 Å². The smallest absolute Gasteiger partial charge is 0.227 e. The largest absolute Gasteiger partial charge is 0.330 e. The molecule has 5 nitrogen and oxygen atoms in total. The third-order valence-electron chi connectivity index (χ3n) is 3.19. The van der Waals surface area contributed by atoms with Gasteiger partial charge in [0.1, 0.15) is 0 Å². The number of hydrogen-bond acceptors (Lipinski definition) is 3. The molecule has 106 valence electrons. The molecule has 2 aromatic rings. The molecule has 0 spiro atoms. The van der Waals surface area contributed by atoms with E-state index < -0.39 is 0 Å².